The van der Waals surface area contributed by atoms with Crippen molar-refractivity contribution < 1.29 is 4.39 Å². The summed E-state index contributed by atoms with van der Waals surface area (Å²) in [6.07, 6.45) is 2.45. The van der Waals surface area contributed by atoms with Crippen molar-refractivity contribution in [3.63, 3.8) is 0 Å². The van der Waals surface area contributed by atoms with Gasteiger partial charge >= 0.3 is 0 Å². The maximum absolute atomic E-state index is 13.9. The molecule has 0 aliphatic heterocycles. The molecule has 0 spiro atoms. The van der Waals surface area contributed by atoms with Crippen LogP contribution in [0, 0.1) is 5.82 Å². The van der Waals surface area contributed by atoms with Crippen molar-refractivity contribution in [2.75, 3.05) is 0 Å². The molecule has 0 radical (unpaired) electrons. The van der Waals surface area contributed by atoms with Crippen LogP contribution in [0.1, 0.15) is 37.2 Å². The monoisotopic (exact) mass is 340 g/mol. The Hall–Kier alpha value is -1.24. The SMILES string of the molecule is CC(C)n1ccc(CC(NN)c2cc(Br)ccc2F)n1. The van der Waals surface area contributed by atoms with Crippen LogP contribution >= 0.6 is 15.9 Å². The number of nitrogens with one attached hydrogen (secondary N) is 1. The Morgan fingerprint density at radius 2 is 2.15 bits per heavy atom. The van der Waals surface area contributed by atoms with E-state index < -0.39 is 0 Å². The van der Waals surface area contributed by atoms with Crippen LogP contribution in [0.2, 0.25) is 0 Å². The molecule has 2 aromatic rings. The quantitative estimate of drug-likeness (QED) is 0.649. The topological polar surface area (TPSA) is 55.9 Å². The smallest absolute Gasteiger partial charge is 0.128 e. The standard InChI is InChI=1S/C14H18BrFN4/c1-9(2)20-6-5-11(19-20)8-14(18-17)12-7-10(15)3-4-13(12)16/h3-7,9,14,18H,8,17H2,1-2H3. The zero-order valence-corrected chi connectivity index (χ0v) is 13.1. The summed E-state index contributed by atoms with van der Waals surface area (Å²) in [4.78, 5) is 0. The van der Waals surface area contributed by atoms with Gasteiger partial charge in [0.15, 0.2) is 0 Å². The second kappa shape index (κ2) is 6.47. The first-order chi connectivity index (χ1) is 9.51. The van der Waals surface area contributed by atoms with Gasteiger partial charge in [0.1, 0.15) is 5.82 Å². The lowest BCUT2D eigenvalue weighted by molar-refractivity contribution is 0.490. The highest BCUT2D eigenvalue weighted by Crippen LogP contribution is 2.24. The van der Waals surface area contributed by atoms with Gasteiger partial charge in [-0.2, -0.15) is 5.10 Å². The van der Waals surface area contributed by atoms with E-state index in [0.717, 1.165) is 10.2 Å². The summed E-state index contributed by atoms with van der Waals surface area (Å²) < 4.78 is 16.6. The average Bonchev–Trinajstić information content (AvgIpc) is 2.88. The van der Waals surface area contributed by atoms with Gasteiger partial charge in [0.25, 0.3) is 0 Å². The third kappa shape index (κ3) is 3.45. The lowest BCUT2D eigenvalue weighted by Crippen LogP contribution is -2.30. The molecule has 0 aliphatic carbocycles. The number of hydrogen-bond acceptors (Lipinski definition) is 3. The van der Waals surface area contributed by atoms with Gasteiger partial charge < -0.3 is 0 Å². The molecule has 0 saturated carbocycles. The lowest BCUT2D eigenvalue weighted by Gasteiger charge is -2.16. The summed E-state index contributed by atoms with van der Waals surface area (Å²) in [5.74, 6) is 5.29. The van der Waals surface area contributed by atoms with Crippen molar-refractivity contribution in [2.45, 2.75) is 32.4 Å². The molecular weight excluding hydrogens is 323 g/mol. The molecule has 6 heteroatoms. The third-order valence-corrected chi connectivity index (χ3v) is 3.63. The fraction of sp³-hybridized carbons (Fsp3) is 0.357. The average molecular weight is 341 g/mol. The van der Waals surface area contributed by atoms with E-state index in [1.165, 1.54) is 6.07 Å². The minimum atomic E-state index is -0.317. The molecule has 4 nitrogen and oxygen atoms in total. The fourth-order valence-electron chi connectivity index (χ4n) is 2.02. The molecular formula is C14H18BrFN4. The number of aromatic nitrogens is 2. The Labute approximate surface area is 126 Å². The number of rotatable bonds is 5. The van der Waals surface area contributed by atoms with Crippen LogP contribution < -0.4 is 11.3 Å². The minimum Gasteiger partial charge on any atom is -0.271 e. The molecule has 1 atom stereocenters. The zero-order chi connectivity index (χ0) is 14.7. The van der Waals surface area contributed by atoms with E-state index >= 15 is 0 Å². The molecule has 108 valence electrons. The van der Waals surface area contributed by atoms with Gasteiger partial charge in [-0.1, -0.05) is 15.9 Å². The van der Waals surface area contributed by atoms with Crippen molar-refractivity contribution in [1.82, 2.24) is 15.2 Å². The largest absolute Gasteiger partial charge is 0.271 e. The molecule has 0 saturated heterocycles. The van der Waals surface area contributed by atoms with Gasteiger partial charge in [-0.05, 0) is 38.1 Å². The number of halogens is 2. The Morgan fingerprint density at radius 3 is 2.75 bits per heavy atom. The molecule has 3 N–H and O–H groups in total. The van der Waals surface area contributed by atoms with Crippen LogP contribution in [0.4, 0.5) is 4.39 Å². The van der Waals surface area contributed by atoms with E-state index in [4.69, 9.17) is 5.84 Å². The van der Waals surface area contributed by atoms with Crippen LogP contribution in [-0.4, -0.2) is 9.78 Å². The van der Waals surface area contributed by atoms with Crippen molar-refractivity contribution in [3.05, 3.63) is 52.0 Å². The van der Waals surface area contributed by atoms with E-state index in [1.54, 1.807) is 12.1 Å². The van der Waals surface area contributed by atoms with Gasteiger partial charge in [0.2, 0.25) is 0 Å². The maximum Gasteiger partial charge on any atom is 0.128 e. The van der Waals surface area contributed by atoms with Crippen LogP contribution in [0.5, 0.6) is 0 Å². The van der Waals surface area contributed by atoms with Crippen molar-refractivity contribution in [1.29, 1.82) is 0 Å². The van der Waals surface area contributed by atoms with Crippen molar-refractivity contribution in [3.8, 4) is 0 Å². The van der Waals surface area contributed by atoms with E-state index in [9.17, 15) is 4.39 Å². The number of benzene rings is 1. The highest BCUT2D eigenvalue weighted by molar-refractivity contribution is 9.10. The van der Waals surface area contributed by atoms with E-state index in [1.807, 2.05) is 16.9 Å². The number of hydrogen-bond donors (Lipinski definition) is 2. The Morgan fingerprint density at radius 1 is 1.40 bits per heavy atom. The van der Waals surface area contributed by atoms with Gasteiger partial charge in [0, 0.05) is 28.7 Å². The van der Waals surface area contributed by atoms with Crippen molar-refractivity contribution >= 4 is 15.9 Å². The fourth-order valence-corrected chi connectivity index (χ4v) is 2.40. The first kappa shape index (κ1) is 15.2. The van der Waals surface area contributed by atoms with Crippen molar-refractivity contribution in [2.24, 2.45) is 5.84 Å². The second-order valence-electron chi connectivity index (χ2n) is 4.97. The van der Waals surface area contributed by atoms with Gasteiger partial charge in [-0.15, -0.1) is 0 Å². The number of nitrogens with two attached hydrogens (primary N) is 1. The predicted molar refractivity (Wildman–Crippen MR) is 80.5 cm³/mol. The van der Waals surface area contributed by atoms with Gasteiger partial charge in [0.05, 0.1) is 11.7 Å². The molecule has 0 amide bonds. The predicted octanol–water partition coefficient (Wildman–Crippen LogP) is 3.11. The summed E-state index contributed by atoms with van der Waals surface area (Å²) in [5.41, 5.74) is 4.07. The second-order valence-corrected chi connectivity index (χ2v) is 5.89. The molecule has 0 fully saturated rings. The molecule has 1 heterocycles. The van der Waals surface area contributed by atoms with Crippen LogP contribution in [0.25, 0.3) is 0 Å². The summed E-state index contributed by atoms with van der Waals surface area (Å²) in [6.45, 7) is 4.12. The van der Waals surface area contributed by atoms with Crippen LogP contribution in [-0.2, 0) is 6.42 Å². The minimum absolute atomic E-state index is 0.278. The first-order valence-electron chi connectivity index (χ1n) is 6.46. The maximum atomic E-state index is 13.9. The van der Waals surface area contributed by atoms with Gasteiger partial charge in [-0.25, -0.2) is 4.39 Å². The molecule has 1 aromatic heterocycles. The Balaban J connectivity index is 2.21. The molecule has 20 heavy (non-hydrogen) atoms. The lowest BCUT2D eigenvalue weighted by atomic mass is 10.0. The van der Waals surface area contributed by atoms with Gasteiger partial charge in [-0.3, -0.25) is 16.0 Å². The van der Waals surface area contributed by atoms with E-state index in [2.05, 4.69) is 40.3 Å². The Kier molecular flexibility index (Phi) is 4.91. The first-order valence-corrected chi connectivity index (χ1v) is 7.25. The molecule has 0 bridgehead atoms. The summed E-state index contributed by atoms with van der Waals surface area (Å²) in [6, 6.07) is 6.74. The molecule has 1 aromatic carbocycles. The van der Waals surface area contributed by atoms with Crippen LogP contribution in [0.3, 0.4) is 0 Å². The van der Waals surface area contributed by atoms with Crippen LogP contribution in [0.15, 0.2) is 34.9 Å². The molecule has 0 aliphatic rings. The van der Waals surface area contributed by atoms with E-state index in [-0.39, 0.29) is 11.9 Å². The van der Waals surface area contributed by atoms with E-state index in [0.29, 0.717) is 18.0 Å². The number of hydrazine groups is 1. The molecule has 2 rings (SSSR count). The Bertz CT molecular complexity index is 582. The molecule has 1 unspecified atom stereocenters. The third-order valence-electron chi connectivity index (χ3n) is 3.14. The summed E-state index contributed by atoms with van der Waals surface area (Å²) in [7, 11) is 0. The number of nitrogens with zero attached hydrogens (tertiary/aromatic N) is 2. The highest BCUT2D eigenvalue weighted by Gasteiger charge is 2.17. The highest BCUT2D eigenvalue weighted by atomic mass is 79.9. The zero-order valence-electron chi connectivity index (χ0n) is 11.5. The normalized spacial score (nSPS) is 12.9. The summed E-state index contributed by atoms with van der Waals surface area (Å²) in [5, 5.41) is 4.46. The summed E-state index contributed by atoms with van der Waals surface area (Å²) >= 11 is 3.35.